The summed E-state index contributed by atoms with van der Waals surface area (Å²) < 4.78 is 32.7. The number of hydrogen-bond acceptors (Lipinski definition) is 4. The van der Waals surface area contributed by atoms with E-state index in [2.05, 4.69) is 10.0 Å². The van der Waals surface area contributed by atoms with Crippen molar-refractivity contribution in [1.29, 1.82) is 0 Å². The highest BCUT2D eigenvalue weighted by Gasteiger charge is 2.19. The van der Waals surface area contributed by atoms with Gasteiger partial charge in [-0.3, -0.25) is 4.79 Å². The number of nitrogens with one attached hydrogen (secondary N) is 2. The van der Waals surface area contributed by atoms with Gasteiger partial charge in [-0.15, -0.1) is 0 Å². The number of fused-ring (bicyclic) bond motifs is 1. The molecule has 3 rings (SSSR count). The van der Waals surface area contributed by atoms with Crippen molar-refractivity contribution in [3.8, 4) is 5.75 Å². The van der Waals surface area contributed by atoms with Gasteiger partial charge in [-0.25, -0.2) is 13.1 Å². The highest BCUT2D eigenvalue weighted by molar-refractivity contribution is 7.89. The molecule has 0 saturated heterocycles. The lowest BCUT2D eigenvalue weighted by molar-refractivity contribution is 0.102. The molecule has 0 bridgehead atoms. The van der Waals surface area contributed by atoms with Crippen molar-refractivity contribution in [3.63, 3.8) is 0 Å². The molecule has 0 fully saturated rings. The molecule has 0 aliphatic heterocycles. The molecular formula is C21H26N2O4S. The van der Waals surface area contributed by atoms with E-state index in [0.717, 1.165) is 19.3 Å². The molecule has 0 atom stereocenters. The third-order valence-corrected chi connectivity index (χ3v) is 6.39. The molecule has 1 aliphatic carbocycles. The summed E-state index contributed by atoms with van der Waals surface area (Å²) in [5.74, 6) is 0.104. The quantitative estimate of drug-likeness (QED) is 0.774. The van der Waals surface area contributed by atoms with Crippen molar-refractivity contribution in [2.75, 3.05) is 12.4 Å². The Morgan fingerprint density at radius 1 is 1.04 bits per heavy atom. The van der Waals surface area contributed by atoms with Gasteiger partial charge in [0.2, 0.25) is 10.0 Å². The maximum absolute atomic E-state index is 12.8. The molecule has 0 saturated carbocycles. The summed E-state index contributed by atoms with van der Waals surface area (Å²) in [4.78, 5) is 12.8. The van der Waals surface area contributed by atoms with E-state index in [9.17, 15) is 13.2 Å². The second-order valence-electron chi connectivity index (χ2n) is 7.28. The first kappa shape index (κ1) is 20.4. The van der Waals surface area contributed by atoms with E-state index in [1.807, 2.05) is 18.2 Å². The standard InChI is InChI=1S/C21H26N2O4S/c1-14(2)23-28(25,26)18-10-11-20(27-3)19(13-18)22-21(24)17-9-8-15-6-4-5-7-16(15)12-17/h8-14,23H,4-7H2,1-3H3,(H,22,24). The fourth-order valence-electron chi connectivity index (χ4n) is 3.40. The number of rotatable bonds is 6. The summed E-state index contributed by atoms with van der Waals surface area (Å²) >= 11 is 0. The van der Waals surface area contributed by atoms with Gasteiger partial charge in [0.25, 0.3) is 5.91 Å². The summed E-state index contributed by atoms with van der Waals surface area (Å²) in [6, 6.07) is 9.92. The number of aryl methyl sites for hydroxylation is 2. The van der Waals surface area contributed by atoms with E-state index < -0.39 is 10.0 Å². The van der Waals surface area contributed by atoms with Crippen LogP contribution in [0.1, 0.15) is 48.2 Å². The Morgan fingerprint density at radius 3 is 2.43 bits per heavy atom. The van der Waals surface area contributed by atoms with Gasteiger partial charge < -0.3 is 10.1 Å². The van der Waals surface area contributed by atoms with Gasteiger partial charge in [0, 0.05) is 11.6 Å². The summed E-state index contributed by atoms with van der Waals surface area (Å²) in [6.07, 6.45) is 4.35. The largest absolute Gasteiger partial charge is 0.495 e. The second-order valence-corrected chi connectivity index (χ2v) is 9.00. The van der Waals surface area contributed by atoms with Crippen molar-refractivity contribution in [3.05, 3.63) is 53.1 Å². The van der Waals surface area contributed by atoms with Crippen LogP contribution in [0.15, 0.2) is 41.3 Å². The van der Waals surface area contributed by atoms with E-state index in [4.69, 9.17) is 4.74 Å². The molecule has 2 aromatic carbocycles. The fraction of sp³-hybridized carbons (Fsp3) is 0.381. The molecule has 0 aromatic heterocycles. The third-order valence-electron chi connectivity index (χ3n) is 4.73. The maximum atomic E-state index is 12.8. The molecule has 150 valence electrons. The van der Waals surface area contributed by atoms with Crippen molar-refractivity contribution < 1.29 is 17.9 Å². The molecule has 2 N–H and O–H groups in total. The van der Waals surface area contributed by atoms with Crippen LogP contribution in [0.3, 0.4) is 0 Å². The lowest BCUT2D eigenvalue weighted by Gasteiger charge is -2.17. The molecule has 7 heteroatoms. The average Bonchev–Trinajstić information content (AvgIpc) is 2.66. The molecule has 0 heterocycles. The van der Waals surface area contributed by atoms with Gasteiger partial charge in [-0.2, -0.15) is 0 Å². The Balaban J connectivity index is 1.88. The smallest absolute Gasteiger partial charge is 0.255 e. The SMILES string of the molecule is COc1ccc(S(=O)(=O)NC(C)C)cc1NC(=O)c1ccc2c(c1)CCCC2. The molecular weight excluding hydrogens is 376 g/mol. The number of hydrogen-bond donors (Lipinski definition) is 2. The van der Waals surface area contributed by atoms with Crippen LogP contribution in [0.25, 0.3) is 0 Å². The average molecular weight is 403 g/mol. The first-order valence-corrected chi connectivity index (χ1v) is 10.9. The molecule has 2 aromatic rings. The zero-order valence-electron chi connectivity index (χ0n) is 16.4. The van der Waals surface area contributed by atoms with E-state index in [0.29, 0.717) is 17.0 Å². The molecule has 0 spiro atoms. The number of ether oxygens (including phenoxy) is 1. The van der Waals surface area contributed by atoms with Crippen molar-refractivity contribution >= 4 is 21.6 Å². The summed E-state index contributed by atoms with van der Waals surface area (Å²) in [5, 5.41) is 2.79. The number of methoxy groups -OCH3 is 1. The minimum atomic E-state index is -3.68. The summed E-state index contributed by atoms with van der Waals surface area (Å²) in [5.41, 5.74) is 3.38. The third kappa shape index (κ3) is 4.54. The predicted octanol–water partition coefficient (Wildman–Crippen LogP) is 3.51. The van der Waals surface area contributed by atoms with Gasteiger partial charge >= 0.3 is 0 Å². The number of carbonyl (C=O) groups excluding carboxylic acids is 1. The van der Waals surface area contributed by atoms with E-state index in [1.54, 1.807) is 13.8 Å². The fourth-order valence-corrected chi connectivity index (χ4v) is 4.68. The van der Waals surface area contributed by atoms with Crippen LogP contribution < -0.4 is 14.8 Å². The first-order chi connectivity index (χ1) is 13.3. The van der Waals surface area contributed by atoms with Crippen molar-refractivity contribution in [1.82, 2.24) is 4.72 Å². The van der Waals surface area contributed by atoms with Crippen LogP contribution in [0, 0.1) is 0 Å². The molecule has 0 unspecified atom stereocenters. The predicted molar refractivity (Wildman–Crippen MR) is 109 cm³/mol. The molecule has 0 radical (unpaired) electrons. The van der Waals surface area contributed by atoms with E-state index in [-0.39, 0.29) is 16.8 Å². The Kier molecular flexibility index (Phi) is 6.05. The summed E-state index contributed by atoms with van der Waals surface area (Å²) in [7, 11) is -2.20. The monoisotopic (exact) mass is 402 g/mol. The number of anilines is 1. The normalized spacial score (nSPS) is 13.9. The second kappa shape index (κ2) is 8.32. The Bertz CT molecular complexity index is 984. The minimum Gasteiger partial charge on any atom is -0.495 e. The number of amides is 1. The Hall–Kier alpha value is -2.38. The van der Waals surface area contributed by atoms with Gasteiger partial charge in [0.15, 0.2) is 0 Å². The number of benzene rings is 2. The van der Waals surface area contributed by atoms with E-state index in [1.165, 1.54) is 42.9 Å². The van der Waals surface area contributed by atoms with E-state index >= 15 is 0 Å². The zero-order chi connectivity index (χ0) is 20.3. The summed E-state index contributed by atoms with van der Waals surface area (Å²) in [6.45, 7) is 3.50. The number of carbonyl (C=O) groups is 1. The minimum absolute atomic E-state index is 0.0720. The lowest BCUT2D eigenvalue weighted by atomic mass is 9.90. The lowest BCUT2D eigenvalue weighted by Crippen LogP contribution is -2.30. The van der Waals surface area contributed by atoms with Gasteiger partial charge in [0.05, 0.1) is 17.7 Å². The van der Waals surface area contributed by atoms with Crippen LogP contribution in [0.4, 0.5) is 5.69 Å². The van der Waals surface area contributed by atoms with Gasteiger partial charge in [-0.1, -0.05) is 6.07 Å². The molecule has 6 nitrogen and oxygen atoms in total. The van der Waals surface area contributed by atoms with Crippen molar-refractivity contribution in [2.45, 2.75) is 50.5 Å². The molecule has 28 heavy (non-hydrogen) atoms. The zero-order valence-corrected chi connectivity index (χ0v) is 17.2. The van der Waals surface area contributed by atoms with Crippen LogP contribution in [0.5, 0.6) is 5.75 Å². The Morgan fingerprint density at radius 2 is 1.75 bits per heavy atom. The van der Waals surface area contributed by atoms with Crippen LogP contribution in [-0.4, -0.2) is 27.5 Å². The highest BCUT2D eigenvalue weighted by Crippen LogP contribution is 2.29. The van der Waals surface area contributed by atoms with Crippen LogP contribution in [0.2, 0.25) is 0 Å². The number of sulfonamides is 1. The van der Waals surface area contributed by atoms with Gasteiger partial charge in [-0.05, 0) is 81.0 Å². The topological polar surface area (TPSA) is 84.5 Å². The molecule has 1 amide bonds. The van der Waals surface area contributed by atoms with Crippen LogP contribution in [-0.2, 0) is 22.9 Å². The van der Waals surface area contributed by atoms with Crippen LogP contribution >= 0.6 is 0 Å². The Labute approximate surface area is 166 Å². The molecule has 1 aliphatic rings. The van der Waals surface area contributed by atoms with Crippen molar-refractivity contribution in [2.24, 2.45) is 0 Å². The first-order valence-electron chi connectivity index (χ1n) is 9.43. The highest BCUT2D eigenvalue weighted by atomic mass is 32.2. The maximum Gasteiger partial charge on any atom is 0.255 e. The van der Waals surface area contributed by atoms with Gasteiger partial charge in [0.1, 0.15) is 5.75 Å².